The predicted octanol–water partition coefficient (Wildman–Crippen LogP) is 3.46. The van der Waals surface area contributed by atoms with E-state index in [1.165, 1.54) is 0 Å². The number of hydrogen-bond acceptors (Lipinski definition) is 4. The van der Waals surface area contributed by atoms with Crippen LogP contribution in [0, 0.1) is 11.3 Å². The molecule has 0 aliphatic carbocycles. The van der Waals surface area contributed by atoms with Crippen LogP contribution in [0.2, 0.25) is 0 Å². The van der Waals surface area contributed by atoms with Gasteiger partial charge in [0, 0.05) is 0 Å². The molecule has 0 aliphatic rings. The van der Waals surface area contributed by atoms with E-state index in [4.69, 9.17) is 14.7 Å². The van der Waals surface area contributed by atoms with Crippen molar-refractivity contribution in [2.24, 2.45) is 0 Å². The smallest absolute Gasteiger partial charge is 0.316 e. The maximum absolute atomic E-state index is 12.2. The van der Waals surface area contributed by atoms with Crippen LogP contribution in [0.5, 0.6) is 5.75 Å². The number of esters is 1. The number of rotatable bonds is 6. The molecule has 0 amide bonds. The molecule has 0 radical (unpaired) electrons. The molecule has 118 valence electrons. The fourth-order valence-corrected chi connectivity index (χ4v) is 2.07. The van der Waals surface area contributed by atoms with E-state index in [9.17, 15) is 4.79 Å². The molecule has 0 saturated heterocycles. The van der Waals surface area contributed by atoms with Gasteiger partial charge in [0.1, 0.15) is 19.0 Å². The Morgan fingerprint density at radius 2 is 1.70 bits per heavy atom. The summed E-state index contributed by atoms with van der Waals surface area (Å²) in [5, 5.41) is 8.73. The summed E-state index contributed by atoms with van der Waals surface area (Å²) in [5.74, 6) is 0.356. The minimum Gasteiger partial charge on any atom is -0.490 e. The minimum atomic E-state index is -0.699. The molecule has 0 heterocycles. The maximum Gasteiger partial charge on any atom is 0.316 e. The molecule has 0 unspecified atom stereocenters. The largest absolute Gasteiger partial charge is 0.490 e. The van der Waals surface area contributed by atoms with Gasteiger partial charge in [-0.05, 0) is 43.7 Å². The van der Waals surface area contributed by atoms with Gasteiger partial charge in [-0.1, -0.05) is 30.3 Å². The van der Waals surface area contributed by atoms with Crippen LogP contribution in [0.4, 0.5) is 0 Å². The third-order valence-electron chi connectivity index (χ3n) is 3.57. The molecule has 0 fully saturated rings. The molecule has 0 aliphatic heterocycles. The number of ether oxygens (including phenoxy) is 2. The third-order valence-corrected chi connectivity index (χ3v) is 3.57. The fraction of sp³-hybridized carbons (Fsp3) is 0.263. The van der Waals surface area contributed by atoms with E-state index >= 15 is 0 Å². The Morgan fingerprint density at radius 1 is 1.04 bits per heavy atom. The second-order valence-corrected chi connectivity index (χ2v) is 5.61. The van der Waals surface area contributed by atoms with Crippen molar-refractivity contribution >= 4 is 5.97 Å². The summed E-state index contributed by atoms with van der Waals surface area (Å²) < 4.78 is 10.8. The Labute approximate surface area is 136 Å². The first kappa shape index (κ1) is 16.6. The quantitative estimate of drug-likeness (QED) is 0.605. The third kappa shape index (κ3) is 4.33. The average Bonchev–Trinajstić information content (AvgIpc) is 2.59. The van der Waals surface area contributed by atoms with Crippen molar-refractivity contribution in [3.63, 3.8) is 0 Å². The van der Waals surface area contributed by atoms with Gasteiger partial charge < -0.3 is 9.47 Å². The van der Waals surface area contributed by atoms with Crippen molar-refractivity contribution in [2.45, 2.75) is 19.3 Å². The number of carbonyl (C=O) groups excluding carboxylic acids is 1. The van der Waals surface area contributed by atoms with Gasteiger partial charge in [0.05, 0.1) is 17.0 Å². The van der Waals surface area contributed by atoms with Crippen molar-refractivity contribution in [3.05, 3.63) is 65.7 Å². The molecule has 0 spiro atoms. The molecule has 4 nitrogen and oxygen atoms in total. The monoisotopic (exact) mass is 309 g/mol. The molecule has 2 rings (SSSR count). The standard InChI is InChI=1S/C19H19NO3/c1-19(2,16-6-4-3-5-7-16)18(21)23-13-12-22-17-10-8-15(14-20)9-11-17/h3-11H,12-13H2,1-2H3. The summed E-state index contributed by atoms with van der Waals surface area (Å²) in [5.41, 5.74) is 0.793. The molecule has 4 heteroatoms. The van der Waals surface area contributed by atoms with Crippen LogP contribution in [-0.2, 0) is 14.9 Å². The Hall–Kier alpha value is -2.80. The van der Waals surface area contributed by atoms with E-state index in [1.54, 1.807) is 24.3 Å². The zero-order valence-electron chi connectivity index (χ0n) is 13.3. The molecule has 0 atom stereocenters. The van der Waals surface area contributed by atoms with Crippen molar-refractivity contribution in [1.82, 2.24) is 0 Å². The Balaban J connectivity index is 1.81. The molecule has 0 saturated carbocycles. The van der Waals surface area contributed by atoms with Crippen LogP contribution in [0.1, 0.15) is 25.0 Å². The van der Waals surface area contributed by atoms with E-state index < -0.39 is 5.41 Å². The molecule has 0 N–H and O–H groups in total. The second-order valence-electron chi connectivity index (χ2n) is 5.61. The van der Waals surface area contributed by atoms with Crippen LogP contribution >= 0.6 is 0 Å². The topological polar surface area (TPSA) is 59.3 Å². The summed E-state index contributed by atoms with van der Waals surface area (Å²) >= 11 is 0. The SMILES string of the molecule is CC(C)(C(=O)OCCOc1ccc(C#N)cc1)c1ccccc1. The molecular weight excluding hydrogens is 290 g/mol. The van der Waals surface area contributed by atoms with Crippen LogP contribution < -0.4 is 4.74 Å². The van der Waals surface area contributed by atoms with Crippen molar-refractivity contribution in [2.75, 3.05) is 13.2 Å². The highest BCUT2D eigenvalue weighted by molar-refractivity contribution is 5.82. The summed E-state index contributed by atoms with van der Waals surface area (Å²) in [4.78, 5) is 12.2. The number of nitriles is 1. The number of benzene rings is 2. The first-order valence-electron chi connectivity index (χ1n) is 7.40. The summed E-state index contributed by atoms with van der Waals surface area (Å²) in [7, 11) is 0. The second kappa shape index (κ2) is 7.46. The van der Waals surface area contributed by atoms with E-state index in [0.717, 1.165) is 5.56 Å². The summed E-state index contributed by atoms with van der Waals surface area (Å²) in [6.45, 7) is 4.12. The van der Waals surface area contributed by atoms with Gasteiger partial charge in [-0.15, -0.1) is 0 Å². The number of nitrogens with zero attached hydrogens (tertiary/aromatic N) is 1. The van der Waals surface area contributed by atoms with Crippen molar-refractivity contribution in [1.29, 1.82) is 5.26 Å². The van der Waals surface area contributed by atoms with Crippen molar-refractivity contribution in [3.8, 4) is 11.8 Å². The van der Waals surface area contributed by atoms with Gasteiger partial charge in [-0.25, -0.2) is 0 Å². The molecule has 2 aromatic carbocycles. The lowest BCUT2D eigenvalue weighted by molar-refractivity contribution is -0.150. The zero-order chi connectivity index (χ0) is 16.7. The Morgan fingerprint density at radius 3 is 2.30 bits per heavy atom. The first-order valence-corrected chi connectivity index (χ1v) is 7.40. The van der Waals surface area contributed by atoms with Gasteiger partial charge in [0.15, 0.2) is 0 Å². The van der Waals surface area contributed by atoms with Gasteiger partial charge >= 0.3 is 5.97 Å². The normalized spacial score (nSPS) is 10.7. The average molecular weight is 309 g/mol. The maximum atomic E-state index is 12.2. The molecular formula is C19H19NO3. The highest BCUT2D eigenvalue weighted by Gasteiger charge is 2.31. The first-order chi connectivity index (χ1) is 11.0. The molecule has 23 heavy (non-hydrogen) atoms. The van der Waals surface area contributed by atoms with E-state index in [-0.39, 0.29) is 19.2 Å². The lowest BCUT2D eigenvalue weighted by Gasteiger charge is -2.23. The molecule has 2 aromatic rings. The highest BCUT2D eigenvalue weighted by Crippen LogP contribution is 2.24. The highest BCUT2D eigenvalue weighted by atomic mass is 16.6. The fourth-order valence-electron chi connectivity index (χ4n) is 2.07. The van der Waals surface area contributed by atoms with E-state index in [2.05, 4.69) is 0 Å². The minimum absolute atomic E-state index is 0.176. The number of carbonyl (C=O) groups is 1. The van der Waals surface area contributed by atoms with Gasteiger partial charge in [0.2, 0.25) is 0 Å². The predicted molar refractivity (Wildman–Crippen MR) is 87.1 cm³/mol. The van der Waals surface area contributed by atoms with Crippen LogP contribution in [0.25, 0.3) is 0 Å². The summed E-state index contributed by atoms with van der Waals surface area (Å²) in [6.07, 6.45) is 0. The van der Waals surface area contributed by atoms with Crippen LogP contribution in [0.15, 0.2) is 54.6 Å². The van der Waals surface area contributed by atoms with E-state index in [1.807, 2.05) is 50.2 Å². The van der Waals surface area contributed by atoms with E-state index in [0.29, 0.717) is 11.3 Å². The van der Waals surface area contributed by atoms with Crippen LogP contribution in [0.3, 0.4) is 0 Å². The number of hydrogen-bond donors (Lipinski definition) is 0. The van der Waals surface area contributed by atoms with Crippen LogP contribution in [-0.4, -0.2) is 19.2 Å². The van der Waals surface area contributed by atoms with Gasteiger partial charge in [-0.3, -0.25) is 4.79 Å². The van der Waals surface area contributed by atoms with Crippen molar-refractivity contribution < 1.29 is 14.3 Å². The molecule has 0 bridgehead atoms. The lowest BCUT2D eigenvalue weighted by Crippen LogP contribution is -2.32. The Bertz CT molecular complexity index is 685. The molecule has 0 aromatic heterocycles. The Kier molecular flexibility index (Phi) is 5.37. The van der Waals surface area contributed by atoms with Gasteiger partial charge in [-0.2, -0.15) is 5.26 Å². The summed E-state index contributed by atoms with van der Waals surface area (Å²) in [6, 6.07) is 18.4. The lowest BCUT2D eigenvalue weighted by atomic mass is 9.85. The zero-order valence-corrected chi connectivity index (χ0v) is 13.3. The van der Waals surface area contributed by atoms with Gasteiger partial charge in [0.25, 0.3) is 0 Å².